The number of aryl methyl sites for hydroxylation is 1. The van der Waals surface area contributed by atoms with E-state index in [-0.39, 0.29) is 11.5 Å². The molecule has 0 saturated carbocycles. The average Bonchev–Trinajstić information content (AvgIpc) is 2.64. The van der Waals surface area contributed by atoms with E-state index in [9.17, 15) is 14.3 Å². The maximum Gasteiger partial charge on any atom is 0.256 e. The first kappa shape index (κ1) is 11.1. The summed E-state index contributed by atoms with van der Waals surface area (Å²) >= 11 is 0. The summed E-state index contributed by atoms with van der Waals surface area (Å²) in [7, 11) is 0. The monoisotopic (exact) mass is 223 g/mol. The maximum absolute atomic E-state index is 13.5. The number of benzene rings is 1. The second-order valence-corrected chi connectivity index (χ2v) is 4.18. The topological polar surface area (TPSA) is 40.5 Å². The van der Waals surface area contributed by atoms with Crippen molar-refractivity contribution in [1.82, 2.24) is 4.90 Å². The number of likely N-dealkylation sites (tertiary alicyclic amines) is 1. The Bertz CT molecular complexity index is 419. The van der Waals surface area contributed by atoms with Gasteiger partial charge in [0.1, 0.15) is 5.82 Å². The number of carbonyl (C=O) groups is 1. The molecular weight excluding hydrogens is 209 g/mol. The van der Waals surface area contributed by atoms with Crippen molar-refractivity contribution < 1.29 is 14.3 Å². The summed E-state index contributed by atoms with van der Waals surface area (Å²) in [6.07, 6.45) is 0.0941. The molecule has 2 rings (SSSR count). The molecule has 1 amide bonds. The normalized spacial score (nSPS) is 20.2. The molecule has 0 radical (unpaired) electrons. The van der Waals surface area contributed by atoms with Gasteiger partial charge in [0.25, 0.3) is 5.91 Å². The van der Waals surface area contributed by atoms with Crippen molar-refractivity contribution in [3.63, 3.8) is 0 Å². The van der Waals surface area contributed by atoms with Gasteiger partial charge in [0.05, 0.1) is 11.7 Å². The number of carbonyl (C=O) groups excluding carboxylic acids is 1. The Morgan fingerprint density at radius 3 is 2.88 bits per heavy atom. The van der Waals surface area contributed by atoms with Crippen molar-refractivity contribution in [2.45, 2.75) is 19.4 Å². The van der Waals surface area contributed by atoms with Crippen LogP contribution in [-0.4, -0.2) is 35.1 Å². The first-order valence-electron chi connectivity index (χ1n) is 5.31. The average molecular weight is 223 g/mol. The van der Waals surface area contributed by atoms with Gasteiger partial charge < -0.3 is 10.0 Å². The van der Waals surface area contributed by atoms with Gasteiger partial charge in [-0.1, -0.05) is 6.07 Å². The smallest absolute Gasteiger partial charge is 0.256 e. The summed E-state index contributed by atoms with van der Waals surface area (Å²) in [5, 5.41) is 9.32. The van der Waals surface area contributed by atoms with Gasteiger partial charge in [0.2, 0.25) is 0 Å². The highest BCUT2D eigenvalue weighted by Crippen LogP contribution is 2.16. The lowest BCUT2D eigenvalue weighted by Gasteiger charge is -2.15. The van der Waals surface area contributed by atoms with E-state index in [0.29, 0.717) is 19.5 Å². The third kappa shape index (κ3) is 2.07. The Morgan fingerprint density at radius 2 is 2.31 bits per heavy atom. The highest BCUT2D eigenvalue weighted by atomic mass is 19.1. The molecule has 86 valence electrons. The highest BCUT2D eigenvalue weighted by Gasteiger charge is 2.26. The molecule has 0 unspecified atom stereocenters. The van der Waals surface area contributed by atoms with Crippen LogP contribution in [0.2, 0.25) is 0 Å². The molecule has 4 heteroatoms. The Balaban J connectivity index is 2.21. The zero-order valence-electron chi connectivity index (χ0n) is 9.11. The first-order valence-corrected chi connectivity index (χ1v) is 5.31. The van der Waals surface area contributed by atoms with Crippen LogP contribution in [0.4, 0.5) is 4.39 Å². The Morgan fingerprint density at radius 1 is 1.56 bits per heavy atom. The van der Waals surface area contributed by atoms with Gasteiger partial charge in [-0.2, -0.15) is 0 Å². The summed E-state index contributed by atoms with van der Waals surface area (Å²) in [4.78, 5) is 13.4. The van der Waals surface area contributed by atoms with Crippen LogP contribution < -0.4 is 0 Å². The van der Waals surface area contributed by atoms with Crippen molar-refractivity contribution in [3.8, 4) is 0 Å². The van der Waals surface area contributed by atoms with Gasteiger partial charge in [-0.15, -0.1) is 0 Å². The number of aliphatic hydroxyl groups is 1. The molecule has 1 aromatic carbocycles. The van der Waals surface area contributed by atoms with E-state index in [1.807, 2.05) is 0 Å². The minimum Gasteiger partial charge on any atom is -0.391 e. The van der Waals surface area contributed by atoms with Crippen LogP contribution in [0.3, 0.4) is 0 Å². The van der Waals surface area contributed by atoms with Crippen LogP contribution in [0, 0.1) is 12.7 Å². The van der Waals surface area contributed by atoms with Crippen molar-refractivity contribution in [1.29, 1.82) is 0 Å². The molecular formula is C12H14FNO2. The fraction of sp³-hybridized carbons (Fsp3) is 0.417. The lowest BCUT2D eigenvalue weighted by molar-refractivity contribution is 0.0760. The maximum atomic E-state index is 13.5. The molecule has 16 heavy (non-hydrogen) atoms. The van der Waals surface area contributed by atoms with E-state index in [2.05, 4.69) is 0 Å². The molecule has 1 N–H and O–H groups in total. The third-order valence-corrected chi connectivity index (χ3v) is 2.81. The van der Waals surface area contributed by atoms with Crippen molar-refractivity contribution in [2.75, 3.05) is 13.1 Å². The third-order valence-electron chi connectivity index (χ3n) is 2.81. The molecule has 0 aromatic heterocycles. The number of halogens is 1. The first-order chi connectivity index (χ1) is 7.58. The number of rotatable bonds is 1. The van der Waals surface area contributed by atoms with Gasteiger partial charge >= 0.3 is 0 Å². The number of β-amino-alcohol motifs (C(OH)–C–C–N with tert-alkyl or cyclic N) is 1. The van der Waals surface area contributed by atoms with Crippen LogP contribution in [0.15, 0.2) is 18.2 Å². The fourth-order valence-electron chi connectivity index (χ4n) is 1.89. The SMILES string of the molecule is Cc1ccc(C(=O)N2CC[C@@H](O)C2)c(F)c1. The molecule has 1 heterocycles. The fourth-order valence-corrected chi connectivity index (χ4v) is 1.89. The molecule has 1 aromatic rings. The van der Waals surface area contributed by atoms with E-state index in [1.54, 1.807) is 13.0 Å². The highest BCUT2D eigenvalue weighted by molar-refractivity contribution is 5.94. The van der Waals surface area contributed by atoms with Gasteiger partial charge in [0, 0.05) is 13.1 Å². The second-order valence-electron chi connectivity index (χ2n) is 4.18. The molecule has 0 bridgehead atoms. The van der Waals surface area contributed by atoms with Gasteiger partial charge in [0.15, 0.2) is 0 Å². The molecule has 1 atom stereocenters. The lowest BCUT2D eigenvalue weighted by atomic mass is 10.1. The van der Waals surface area contributed by atoms with Crippen LogP contribution in [-0.2, 0) is 0 Å². The molecule has 1 fully saturated rings. The predicted octanol–water partition coefficient (Wildman–Crippen LogP) is 1.34. The molecule has 1 aliphatic heterocycles. The largest absolute Gasteiger partial charge is 0.391 e. The summed E-state index contributed by atoms with van der Waals surface area (Å²) in [5.74, 6) is -0.833. The van der Waals surface area contributed by atoms with E-state index in [4.69, 9.17) is 0 Å². The van der Waals surface area contributed by atoms with Crippen molar-refractivity contribution >= 4 is 5.91 Å². The quantitative estimate of drug-likeness (QED) is 0.780. The predicted molar refractivity (Wildman–Crippen MR) is 57.7 cm³/mol. The number of aliphatic hydroxyl groups excluding tert-OH is 1. The number of hydrogen-bond donors (Lipinski definition) is 1. The number of amides is 1. The van der Waals surface area contributed by atoms with E-state index in [1.165, 1.54) is 17.0 Å². The zero-order valence-corrected chi connectivity index (χ0v) is 9.11. The standard InChI is InChI=1S/C12H14FNO2/c1-8-2-3-10(11(13)6-8)12(16)14-5-4-9(15)7-14/h2-3,6,9,15H,4-5,7H2,1H3/t9-/m1/s1. The molecule has 0 aliphatic carbocycles. The molecule has 1 aliphatic rings. The van der Waals surface area contributed by atoms with Crippen LogP contribution in [0.5, 0.6) is 0 Å². The Kier molecular flexibility index (Phi) is 2.92. The van der Waals surface area contributed by atoms with E-state index >= 15 is 0 Å². The van der Waals surface area contributed by atoms with Gasteiger partial charge in [-0.3, -0.25) is 4.79 Å². The Labute approximate surface area is 93.5 Å². The summed E-state index contributed by atoms with van der Waals surface area (Å²) in [6.45, 7) is 2.57. The van der Waals surface area contributed by atoms with Crippen molar-refractivity contribution in [3.05, 3.63) is 35.1 Å². The summed E-state index contributed by atoms with van der Waals surface area (Å²) in [5.41, 5.74) is 0.871. The van der Waals surface area contributed by atoms with Crippen LogP contribution in [0.25, 0.3) is 0 Å². The van der Waals surface area contributed by atoms with E-state index in [0.717, 1.165) is 5.56 Å². The minimum absolute atomic E-state index is 0.0831. The zero-order chi connectivity index (χ0) is 11.7. The van der Waals surface area contributed by atoms with E-state index < -0.39 is 11.9 Å². The summed E-state index contributed by atoms with van der Waals surface area (Å²) < 4.78 is 13.5. The minimum atomic E-state index is -0.494. The molecule has 1 saturated heterocycles. The molecule has 0 spiro atoms. The molecule has 3 nitrogen and oxygen atoms in total. The number of hydrogen-bond acceptors (Lipinski definition) is 2. The van der Waals surface area contributed by atoms with Crippen molar-refractivity contribution in [2.24, 2.45) is 0 Å². The summed E-state index contributed by atoms with van der Waals surface area (Å²) in [6, 6.07) is 4.56. The lowest BCUT2D eigenvalue weighted by Crippen LogP contribution is -2.30. The van der Waals surface area contributed by atoms with Gasteiger partial charge in [-0.05, 0) is 31.0 Å². The Hall–Kier alpha value is -1.42. The second kappa shape index (κ2) is 4.22. The number of nitrogens with zero attached hydrogens (tertiary/aromatic N) is 1. The van der Waals surface area contributed by atoms with Gasteiger partial charge in [-0.25, -0.2) is 4.39 Å². The van der Waals surface area contributed by atoms with Crippen LogP contribution >= 0.6 is 0 Å². The van der Waals surface area contributed by atoms with Crippen LogP contribution in [0.1, 0.15) is 22.3 Å².